The zero-order valence-corrected chi connectivity index (χ0v) is 18.4. The topological polar surface area (TPSA) is 123 Å². The quantitative estimate of drug-likeness (QED) is 0.508. The predicted octanol–water partition coefficient (Wildman–Crippen LogP) is 2.69. The number of ether oxygens (including phenoxy) is 2. The Morgan fingerprint density at radius 3 is 2.65 bits per heavy atom. The SMILES string of the molecule is COc1ccc(-c2noc(CN3N=NC4C(=O)N(c5ccc(C)c(F)c5)C(=O)C43)n2)c(OC)c1. The maximum Gasteiger partial charge on any atom is 0.263 e. The van der Waals surface area contributed by atoms with Gasteiger partial charge in [0.1, 0.15) is 23.9 Å². The van der Waals surface area contributed by atoms with Crippen molar-refractivity contribution < 1.29 is 28.0 Å². The van der Waals surface area contributed by atoms with Gasteiger partial charge < -0.3 is 14.0 Å². The second-order valence-electron chi connectivity index (χ2n) is 7.72. The highest BCUT2D eigenvalue weighted by Gasteiger charge is 2.55. The number of amides is 2. The molecule has 12 heteroatoms. The summed E-state index contributed by atoms with van der Waals surface area (Å²) in [6, 6.07) is 7.32. The van der Waals surface area contributed by atoms with Crippen molar-refractivity contribution >= 4 is 17.5 Å². The highest BCUT2D eigenvalue weighted by atomic mass is 19.1. The summed E-state index contributed by atoms with van der Waals surface area (Å²) >= 11 is 0. The van der Waals surface area contributed by atoms with Crippen LogP contribution in [0.15, 0.2) is 51.3 Å². The van der Waals surface area contributed by atoms with Crippen LogP contribution < -0.4 is 14.4 Å². The third-order valence-electron chi connectivity index (χ3n) is 5.69. The Morgan fingerprint density at radius 1 is 1.09 bits per heavy atom. The third kappa shape index (κ3) is 3.43. The molecule has 0 spiro atoms. The van der Waals surface area contributed by atoms with E-state index in [0.717, 1.165) is 11.0 Å². The molecule has 2 aromatic carbocycles. The lowest BCUT2D eigenvalue weighted by molar-refractivity contribution is -0.123. The third-order valence-corrected chi connectivity index (χ3v) is 5.69. The number of nitrogens with zero attached hydrogens (tertiary/aromatic N) is 6. The van der Waals surface area contributed by atoms with E-state index in [1.165, 1.54) is 24.3 Å². The van der Waals surface area contributed by atoms with Gasteiger partial charge in [0.05, 0.1) is 25.5 Å². The van der Waals surface area contributed by atoms with Crippen LogP contribution in [0.3, 0.4) is 0 Å². The molecule has 11 nitrogen and oxygen atoms in total. The monoisotopic (exact) mass is 466 g/mol. The van der Waals surface area contributed by atoms with Crippen molar-refractivity contribution in [2.75, 3.05) is 19.1 Å². The first-order valence-electron chi connectivity index (χ1n) is 10.3. The average Bonchev–Trinajstić information content (AvgIpc) is 3.53. The van der Waals surface area contributed by atoms with Crippen molar-refractivity contribution in [2.24, 2.45) is 10.3 Å². The van der Waals surface area contributed by atoms with Crippen LogP contribution in [0, 0.1) is 12.7 Å². The summed E-state index contributed by atoms with van der Waals surface area (Å²) in [5.41, 5.74) is 1.14. The number of fused-ring (bicyclic) bond motifs is 1. The fourth-order valence-electron chi connectivity index (χ4n) is 3.88. The Kier molecular flexibility index (Phi) is 5.19. The van der Waals surface area contributed by atoms with Crippen LogP contribution in [-0.4, -0.2) is 53.3 Å². The summed E-state index contributed by atoms with van der Waals surface area (Å²) < 4.78 is 29.9. The van der Waals surface area contributed by atoms with Crippen LogP contribution >= 0.6 is 0 Å². The molecule has 3 aromatic rings. The van der Waals surface area contributed by atoms with Gasteiger partial charge >= 0.3 is 0 Å². The highest BCUT2D eigenvalue weighted by Crippen LogP contribution is 2.34. The van der Waals surface area contributed by atoms with Crippen LogP contribution in [-0.2, 0) is 16.1 Å². The zero-order chi connectivity index (χ0) is 24.0. The first kappa shape index (κ1) is 21.5. The normalized spacial score (nSPS) is 19.2. The second kappa shape index (κ2) is 8.21. The molecule has 2 unspecified atom stereocenters. The molecular formula is C22H19FN6O5. The molecule has 1 aromatic heterocycles. The smallest absolute Gasteiger partial charge is 0.263 e. The van der Waals surface area contributed by atoms with Crippen LogP contribution in [0.5, 0.6) is 11.5 Å². The van der Waals surface area contributed by atoms with Gasteiger partial charge in [0.15, 0.2) is 12.1 Å². The summed E-state index contributed by atoms with van der Waals surface area (Å²) in [7, 11) is 3.06. The summed E-state index contributed by atoms with van der Waals surface area (Å²) in [6.45, 7) is 1.54. The number of hydrogen-bond acceptors (Lipinski definition) is 10. The summed E-state index contributed by atoms with van der Waals surface area (Å²) in [5, 5.41) is 13.2. The van der Waals surface area contributed by atoms with Crippen molar-refractivity contribution in [1.82, 2.24) is 15.1 Å². The molecule has 0 radical (unpaired) electrons. The standard InChI is InChI=1S/C22H19FN6O5/c1-11-4-5-12(8-15(11)23)29-21(30)18-19(22(29)31)28(27-25-18)10-17-24-20(26-34-17)14-7-6-13(32-2)9-16(14)33-3/h4-9,18-19H,10H2,1-3H3. The number of benzene rings is 2. The first-order chi connectivity index (χ1) is 16.4. The van der Waals surface area contributed by atoms with Crippen LogP contribution in [0.25, 0.3) is 11.4 Å². The Morgan fingerprint density at radius 2 is 1.91 bits per heavy atom. The minimum atomic E-state index is -1.03. The van der Waals surface area contributed by atoms with Crippen LogP contribution in [0.4, 0.5) is 10.1 Å². The van der Waals surface area contributed by atoms with E-state index in [2.05, 4.69) is 20.5 Å². The lowest BCUT2D eigenvalue weighted by atomic mass is 10.1. The predicted molar refractivity (Wildman–Crippen MR) is 114 cm³/mol. The number of imide groups is 1. The maximum absolute atomic E-state index is 14.0. The van der Waals surface area contributed by atoms with Gasteiger partial charge in [-0.2, -0.15) is 10.1 Å². The summed E-state index contributed by atoms with van der Waals surface area (Å²) in [5.74, 6) is -0.111. The molecule has 0 saturated carbocycles. The van der Waals surface area contributed by atoms with Crippen molar-refractivity contribution in [2.45, 2.75) is 25.6 Å². The van der Waals surface area contributed by atoms with Gasteiger partial charge in [0.25, 0.3) is 11.8 Å². The van der Waals surface area contributed by atoms with Gasteiger partial charge in [-0.1, -0.05) is 16.4 Å². The molecule has 1 saturated heterocycles. The molecule has 2 aliphatic heterocycles. The molecule has 2 amide bonds. The Labute approximate surface area is 192 Å². The van der Waals surface area contributed by atoms with E-state index in [1.54, 1.807) is 32.2 Å². The van der Waals surface area contributed by atoms with E-state index in [-0.39, 0.29) is 23.9 Å². The van der Waals surface area contributed by atoms with Crippen molar-refractivity contribution in [3.8, 4) is 22.9 Å². The number of aryl methyl sites for hydroxylation is 1. The molecule has 2 atom stereocenters. The van der Waals surface area contributed by atoms with Gasteiger partial charge in [0, 0.05) is 6.07 Å². The Hall–Kier alpha value is -4.35. The second-order valence-corrected chi connectivity index (χ2v) is 7.72. The number of carbonyl (C=O) groups is 2. The van der Waals surface area contributed by atoms with Crippen molar-refractivity contribution in [3.05, 3.63) is 53.7 Å². The number of methoxy groups -OCH3 is 2. The van der Waals surface area contributed by atoms with E-state index in [9.17, 15) is 14.0 Å². The van der Waals surface area contributed by atoms with Gasteiger partial charge in [-0.25, -0.2) is 9.29 Å². The maximum atomic E-state index is 14.0. The fraction of sp³-hybridized carbons (Fsp3) is 0.273. The molecule has 5 rings (SSSR count). The van der Waals surface area contributed by atoms with E-state index in [0.29, 0.717) is 22.6 Å². The molecule has 0 bridgehead atoms. The van der Waals surface area contributed by atoms with Gasteiger partial charge in [0.2, 0.25) is 11.7 Å². The number of anilines is 1. The number of aromatic nitrogens is 2. The molecule has 2 aliphatic rings. The summed E-state index contributed by atoms with van der Waals surface area (Å²) in [6.07, 6.45) is 0. The van der Waals surface area contributed by atoms with Gasteiger partial charge in [-0.05, 0) is 36.8 Å². The number of halogens is 1. The van der Waals surface area contributed by atoms with E-state index < -0.39 is 29.7 Å². The van der Waals surface area contributed by atoms with Crippen LogP contribution in [0.1, 0.15) is 11.5 Å². The molecule has 0 N–H and O–H groups in total. The Bertz CT molecular complexity index is 1320. The van der Waals surface area contributed by atoms with Crippen molar-refractivity contribution in [1.29, 1.82) is 0 Å². The largest absolute Gasteiger partial charge is 0.497 e. The lowest BCUT2D eigenvalue weighted by Gasteiger charge is -2.19. The highest BCUT2D eigenvalue weighted by molar-refractivity contribution is 6.25. The molecule has 34 heavy (non-hydrogen) atoms. The number of carbonyl (C=O) groups excluding carboxylic acids is 2. The molecular weight excluding hydrogens is 447 g/mol. The van der Waals surface area contributed by atoms with Gasteiger partial charge in [-0.15, -0.1) is 0 Å². The molecule has 3 heterocycles. The summed E-state index contributed by atoms with van der Waals surface area (Å²) in [4.78, 5) is 31.2. The molecule has 174 valence electrons. The molecule has 1 fully saturated rings. The number of hydrogen-bond donors (Lipinski definition) is 0. The fourth-order valence-corrected chi connectivity index (χ4v) is 3.88. The minimum Gasteiger partial charge on any atom is -0.497 e. The van der Waals surface area contributed by atoms with E-state index in [4.69, 9.17) is 14.0 Å². The lowest BCUT2D eigenvalue weighted by Crippen LogP contribution is -2.39. The van der Waals surface area contributed by atoms with Crippen LogP contribution in [0.2, 0.25) is 0 Å². The molecule has 0 aliphatic carbocycles. The number of rotatable bonds is 6. The minimum absolute atomic E-state index is 0.0503. The Balaban J connectivity index is 1.37. The van der Waals surface area contributed by atoms with E-state index >= 15 is 0 Å². The van der Waals surface area contributed by atoms with E-state index in [1.807, 2.05) is 0 Å². The van der Waals surface area contributed by atoms with Gasteiger partial charge in [-0.3, -0.25) is 14.6 Å². The van der Waals surface area contributed by atoms with Crippen molar-refractivity contribution in [3.63, 3.8) is 0 Å². The first-order valence-corrected chi connectivity index (χ1v) is 10.3. The zero-order valence-electron chi connectivity index (χ0n) is 18.4. The average molecular weight is 466 g/mol.